The fourth-order valence-electron chi connectivity index (χ4n) is 2.62. The van der Waals surface area contributed by atoms with Crippen molar-refractivity contribution in [3.63, 3.8) is 0 Å². The standard InChI is InChI=1S/C22H20ClN3O3/c1-29-18-12-10-17(11-13-18)26-22(28)19-4-2-3-5-20(19)24-14-21(27)25-16-8-6-15(23)7-9-16/h2-13,24H,14H2,1H3,(H,25,27)(H,26,28). The second-order valence-corrected chi connectivity index (χ2v) is 6.57. The van der Waals surface area contributed by atoms with Crippen LogP contribution < -0.4 is 20.7 Å². The average molecular weight is 410 g/mol. The van der Waals surface area contributed by atoms with Crippen LogP contribution in [0.4, 0.5) is 17.1 Å². The van der Waals surface area contributed by atoms with Crippen molar-refractivity contribution < 1.29 is 14.3 Å². The Kier molecular flexibility index (Phi) is 6.71. The summed E-state index contributed by atoms with van der Waals surface area (Å²) in [7, 11) is 1.58. The van der Waals surface area contributed by atoms with Crippen LogP contribution in [0.2, 0.25) is 5.02 Å². The van der Waals surface area contributed by atoms with Crippen molar-refractivity contribution in [1.82, 2.24) is 0 Å². The Morgan fingerprint density at radius 3 is 2.17 bits per heavy atom. The Morgan fingerprint density at radius 2 is 1.48 bits per heavy atom. The van der Waals surface area contributed by atoms with Crippen LogP contribution in [-0.2, 0) is 4.79 Å². The van der Waals surface area contributed by atoms with Gasteiger partial charge in [-0.3, -0.25) is 9.59 Å². The minimum atomic E-state index is -0.281. The predicted molar refractivity (Wildman–Crippen MR) is 116 cm³/mol. The number of amides is 2. The van der Waals surface area contributed by atoms with Gasteiger partial charge in [-0.25, -0.2) is 0 Å². The zero-order valence-electron chi connectivity index (χ0n) is 15.7. The summed E-state index contributed by atoms with van der Waals surface area (Å²) < 4.78 is 5.11. The van der Waals surface area contributed by atoms with Crippen molar-refractivity contribution in [1.29, 1.82) is 0 Å². The molecule has 0 fully saturated rings. The molecule has 0 saturated carbocycles. The third-order valence-corrected chi connectivity index (χ3v) is 4.34. The molecule has 0 unspecified atom stereocenters. The molecule has 3 aromatic rings. The normalized spacial score (nSPS) is 10.1. The van der Waals surface area contributed by atoms with E-state index in [1.165, 1.54) is 0 Å². The lowest BCUT2D eigenvalue weighted by Gasteiger charge is -2.13. The lowest BCUT2D eigenvalue weighted by atomic mass is 10.1. The number of carbonyl (C=O) groups is 2. The largest absolute Gasteiger partial charge is 0.497 e. The monoisotopic (exact) mass is 409 g/mol. The summed E-state index contributed by atoms with van der Waals surface area (Å²) in [5.74, 6) is 0.186. The number of benzene rings is 3. The van der Waals surface area contributed by atoms with Crippen LogP contribution in [0.3, 0.4) is 0 Å². The van der Waals surface area contributed by atoms with Crippen LogP contribution in [0, 0.1) is 0 Å². The van der Waals surface area contributed by atoms with Gasteiger partial charge in [-0.05, 0) is 60.7 Å². The fraction of sp³-hybridized carbons (Fsp3) is 0.0909. The zero-order chi connectivity index (χ0) is 20.6. The number of anilines is 3. The van der Waals surface area contributed by atoms with Gasteiger partial charge in [0.2, 0.25) is 5.91 Å². The molecule has 6 nitrogen and oxygen atoms in total. The summed E-state index contributed by atoms with van der Waals surface area (Å²) in [6.45, 7) is 0.00938. The highest BCUT2D eigenvalue weighted by molar-refractivity contribution is 6.30. The Balaban J connectivity index is 1.62. The summed E-state index contributed by atoms with van der Waals surface area (Å²) in [6, 6.07) is 20.9. The number of rotatable bonds is 7. The number of carbonyl (C=O) groups excluding carboxylic acids is 2. The van der Waals surface area contributed by atoms with Crippen molar-refractivity contribution in [2.75, 3.05) is 29.6 Å². The second kappa shape index (κ2) is 9.61. The molecular formula is C22H20ClN3O3. The molecule has 3 aromatic carbocycles. The molecule has 3 N–H and O–H groups in total. The molecule has 0 saturated heterocycles. The van der Waals surface area contributed by atoms with Crippen LogP contribution in [0.1, 0.15) is 10.4 Å². The zero-order valence-corrected chi connectivity index (χ0v) is 16.5. The van der Waals surface area contributed by atoms with Gasteiger partial charge in [-0.15, -0.1) is 0 Å². The van der Waals surface area contributed by atoms with E-state index in [-0.39, 0.29) is 18.4 Å². The van der Waals surface area contributed by atoms with Gasteiger partial charge in [0.15, 0.2) is 0 Å². The number of para-hydroxylation sites is 1. The van der Waals surface area contributed by atoms with Crippen molar-refractivity contribution in [2.45, 2.75) is 0 Å². The van der Waals surface area contributed by atoms with Gasteiger partial charge < -0.3 is 20.7 Å². The highest BCUT2D eigenvalue weighted by atomic mass is 35.5. The maximum Gasteiger partial charge on any atom is 0.257 e. The molecule has 0 aliphatic carbocycles. The van der Waals surface area contributed by atoms with E-state index in [1.54, 1.807) is 79.9 Å². The first-order chi connectivity index (χ1) is 14.0. The number of hydrogen-bond acceptors (Lipinski definition) is 4. The second-order valence-electron chi connectivity index (χ2n) is 6.14. The van der Waals surface area contributed by atoms with E-state index in [0.29, 0.717) is 33.4 Å². The molecule has 3 rings (SSSR count). The first-order valence-electron chi connectivity index (χ1n) is 8.89. The van der Waals surface area contributed by atoms with Gasteiger partial charge in [0.05, 0.1) is 19.2 Å². The maximum absolute atomic E-state index is 12.7. The Hall–Kier alpha value is -3.51. The highest BCUT2D eigenvalue weighted by Crippen LogP contribution is 2.19. The molecule has 2 amide bonds. The van der Waals surface area contributed by atoms with Crippen molar-refractivity contribution in [3.05, 3.63) is 83.4 Å². The molecular weight excluding hydrogens is 390 g/mol. The number of nitrogens with one attached hydrogen (secondary N) is 3. The molecule has 148 valence electrons. The van der Waals surface area contributed by atoms with Gasteiger partial charge in [0, 0.05) is 22.1 Å². The molecule has 0 heterocycles. The molecule has 0 bridgehead atoms. The molecule has 29 heavy (non-hydrogen) atoms. The molecule has 0 atom stereocenters. The van der Waals surface area contributed by atoms with Crippen molar-refractivity contribution in [3.8, 4) is 5.75 Å². The molecule has 7 heteroatoms. The van der Waals surface area contributed by atoms with Crippen LogP contribution >= 0.6 is 11.6 Å². The van der Waals surface area contributed by atoms with Gasteiger partial charge in [0.1, 0.15) is 5.75 Å². The summed E-state index contributed by atoms with van der Waals surface area (Å²) in [4.78, 5) is 24.8. The Bertz CT molecular complexity index is 989. The van der Waals surface area contributed by atoms with Crippen LogP contribution in [-0.4, -0.2) is 25.5 Å². The summed E-state index contributed by atoms with van der Waals surface area (Å²) in [5.41, 5.74) is 2.28. The quantitative estimate of drug-likeness (QED) is 0.530. The Labute approximate surface area is 173 Å². The maximum atomic E-state index is 12.7. The minimum absolute atomic E-state index is 0.00938. The van der Waals surface area contributed by atoms with E-state index in [9.17, 15) is 9.59 Å². The van der Waals surface area contributed by atoms with E-state index < -0.39 is 0 Å². The minimum Gasteiger partial charge on any atom is -0.497 e. The topological polar surface area (TPSA) is 79.5 Å². The number of ether oxygens (including phenoxy) is 1. The van der Waals surface area contributed by atoms with Crippen molar-refractivity contribution in [2.24, 2.45) is 0 Å². The van der Waals surface area contributed by atoms with Crippen LogP contribution in [0.5, 0.6) is 5.75 Å². The molecule has 0 aliphatic rings. The molecule has 0 aliphatic heterocycles. The average Bonchev–Trinajstić information content (AvgIpc) is 2.74. The van der Waals surface area contributed by atoms with Gasteiger partial charge >= 0.3 is 0 Å². The lowest BCUT2D eigenvalue weighted by Crippen LogP contribution is -2.23. The molecule has 0 spiro atoms. The summed E-state index contributed by atoms with van der Waals surface area (Å²) in [6.07, 6.45) is 0. The molecule has 0 radical (unpaired) electrons. The predicted octanol–water partition coefficient (Wildman–Crippen LogP) is 4.65. The first kappa shape index (κ1) is 20.2. The lowest BCUT2D eigenvalue weighted by molar-refractivity contribution is -0.114. The third-order valence-electron chi connectivity index (χ3n) is 4.09. The molecule has 0 aromatic heterocycles. The van der Waals surface area contributed by atoms with E-state index in [1.807, 2.05) is 0 Å². The van der Waals surface area contributed by atoms with E-state index >= 15 is 0 Å². The van der Waals surface area contributed by atoms with Gasteiger partial charge in [0.25, 0.3) is 5.91 Å². The van der Waals surface area contributed by atoms with Gasteiger partial charge in [-0.1, -0.05) is 23.7 Å². The van der Waals surface area contributed by atoms with Crippen molar-refractivity contribution >= 4 is 40.5 Å². The summed E-state index contributed by atoms with van der Waals surface area (Å²) >= 11 is 5.84. The number of methoxy groups -OCH3 is 1. The smallest absolute Gasteiger partial charge is 0.257 e. The SMILES string of the molecule is COc1ccc(NC(=O)c2ccccc2NCC(=O)Nc2ccc(Cl)cc2)cc1. The van der Waals surface area contributed by atoms with E-state index in [2.05, 4.69) is 16.0 Å². The van der Waals surface area contributed by atoms with Crippen LogP contribution in [0.25, 0.3) is 0 Å². The summed E-state index contributed by atoms with van der Waals surface area (Å²) in [5, 5.41) is 9.21. The Morgan fingerprint density at radius 1 is 0.862 bits per heavy atom. The highest BCUT2D eigenvalue weighted by Gasteiger charge is 2.12. The third kappa shape index (κ3) is 5.73. The van der Waals surface area contributed by atoms with E-state index in [4.69, 9.17) is 16.3 Å². The fourth-order valence-corrected chi connectivity index (χ4v) is 2.75. The number of halogens is 1. The van der Waals surface area contributed by atoms with E-state index in [0.717, 1.165) is 0 Å². The number of hydrogen-bond donors (Lipinski definition) is 3. The first-order valence-corrected chi connectivity index (χ1v) is 9.26. The van der Waals surface area contributed by atoms with Gasteiger partial charge in [-0.2, -0.15) is 0 Å². The van der Waals surface area contributed by atoms with Crippen LogP contribution in [0.15, 0.2) is 72.8 Å².